The molecule has 4 amide bonds. The van der Waals surface area contributed by atoms with Gasteiger partial charge >= 0.3 is 11.8 Å². The fourth-order valence-electron chi connectivity index (χ4n) is 5.62. The largest absolute Gasteiger partial charge is 0.507 e. The zero-order valence-electron chi connectivity index (χ0n) is 24.9. The molecule has 2 saturated heterocycles. The van der Waals surface area contributed by atoms with Crippen LogP contribution in [0.2, 0.25) is 0 Å². The van der Waals surface area contributed by atoms with Crippen molar-refractivity contribution in [1.29, 1.82) is 0 Å². The lowest BCUT2D eigenvalue weighted by Crippen LogP contribution is -2.63. The zero-order chi connectivity index (χ0) is 29.7. The summed E-state index contributed by atoms with van der Waals surface area (Å²) in [7, 11) is 0. The molecule has 0 aromatic heterocycles. The summed E-state index contributed by atoms with van der Waals surface area (Å²) in [6.45, 7) is 20.2. The highest BCUT2D eigenvalue weighted by atomic mass is 32.2. The SMILES string of the molecule is CC1(C)CC(NC(=O)C(=O)NN2C(=O)CC(Sc3cc(C(C)(C)C)c(O)c(C(C)(C)C)c3)C2=O)CC(C)(C)N1. The number of carbonyl (C=O) groups is 4. The average Bonchev–Trinajstić information content (AvgIpc) is 2.98. The minimum Gasteiger partial charge on any atom is -0.507 e. The normalized spacial score (nSPS) is 21.7. The van der Waals surface area contributed by atoms with Crippen LogP contribution in [0, 0.1) is 0 Å². The van der Waals surface area contributed by atoms with Gasteiger partial charge in [0.05, 0.1) is 11.7 Å². The molecule has 0 spiro atoms. The lowest BCUT2D eigenvalue weighted by molar-refractivity contribution is -0.151. The fraction of sp³-hybridized carbons (Fsp3) is 0.655. The van der Waals surface area contributed by atoms with Crippen LogP contribution < -0.4 is 16.1 Å². The lowest BCUT2D eigenvalue weighted by atomic mass is 9.79. The van der Waals surface area contributed by atoms with Crippen LogP contribution in [0.25, 0.3) is 0 Å². The number of piperidine rings is 1. The molecule has 0 aliphatic carbocycles. The van der Waals surface area contributed by atoms with Crippen molar-refractivity contribution in [2.24, 2.45) is 0 Å². The number of amides is 4. The number of benzene rings is 1. The third-order valence-electron chi connectivity index (χ3n) is 7.03. The van der Waals surface area contributed by atoms with Gasteiger partial charge in [-0.15, -0.1) is 11.8 Å². The fourth-order valence-corrected chi connectivity index (χ4v) is 6.76. The van der Waals surface area contributed by atoms with Gasteiger partial charge in [0.1, 0.15) is 5.75 Å². The van der Waals surface area contributed by atoms with Crippen molar-refractivity contribution in [2.45, 2.75) is 127 Å². The van der Waals surface area contributed by atoms with Crippen LogP contribution in [-0.4, -0.2) is 56.1 Å². The molecule has 0 bridgehead atoms. The van der Waals surface area contributed by atoms with Crippen molar-refractivity contribution in [3.05, 3.63) is 23.3 Å². The van der Waals surface area contributed by atoms with Gasteiger partial charge in [0.15, 0.2) is 0 Å². The predicted molar refractivity (Wildman–Crippen MR) is 152 cm³/mol. The Balaban J connectivity index is 1.72. The molecule has 216 valence electrons. The van der Waals surface area contributed by atoms with Crippen LogP contribution in [-0.2, 0) is 30.0 Å². The first kappa shape index (κ1) is 30.9. The molecule has 39 heavy (non-hydrogen) atoms. The van der Waals surface area contributed by atoms with Gasteiger partial charge in [-0.1, -0.05) is 41.5 Å². The summed E-state index contributed by atoms with van der Waals surface area (Å²) in [6, 6.07) is 3.47. The Bertz CT molecular complexity index is 1130. The van der Waals surface area contributed by atoms with E-state index in [4.69, 9.17) is 0 Å². The molecule has 2 heterocycles. The van der Waals surface area contributed by atoms with E-state index in [-0.39, 0.29) is 40.1 Å². The third-order valence-corrected chi connectivity index (χ3v) is 8.19. The Hall–Kier alpha value is -2.59. The second-order valence-electron chi connectivity index (χ2n) is 14.2. The van der Waals surface area contributed by atoms with Crippen LogP contribution in [0.5, 0.6) is 5.75 Å². The van der Waals surface area contributed by atoms with Crippen molar-refractivity contribution in [2.75, 3.05) is 0 Å². The summed E-state index contributed by atoms with van der Waals surface area (Å²) in [5, 5.41) is 17.2. The second-order valence-corrected chi connectivity index (χ2v) is 15.4. The van der Waals surface area contributed by atoms with Gasteiger partial charge in [0.25, 0.3) is 5.91 Å². The molecule has 2 aliphatic rings. The number of thioether (sulfide) groups is 1. The van der Waals surface area contributed by atoms with E-state index in [0.29, 0.717) is 17.9 Å². The first-order valence-corrected chi connectivity index (χ1v) is 14.3. The van der Waals surface area contributed by atoms with E-state index in [1.54, 1.807) is 0 Å². The highest BCUT2D eigenvalue weighted by Crippen LogP contribution is 2.43. The standard InChI is InChI=1S/C29H44N4O5S/c1-26(2,3)18-11-17(12-19(22(18)35)27(4,5)6)39-20-13-21(34)33(25(20)38)31-24(37)23(36)30-16-14-28(7,8)32-29(9,10)15-16/h11-12,16,20,32,35H,13-15H2,1-10H3,(H,30,36)(H,31,37). The summed E-state index contributed by atoms with van der Waals surface area (Å²) in [5.74, 6) is -2.86. The number of nitrogens with zero attached hydrogens (tertiary/aromatic N) is 1. The molecule has 1 atom stereocenters. The number of imide groups is 1. The minimum absolute atomic E-state index is 0.112. The number of phenols is 1. The summed E-state index contributed by atoms with van der Waals surface area (Å²) in [6.07, 6.45) is 1.16. The molecule has 0 saturated carbocycles. The zero-order valence-corrected chi connectivity index (χ0v) is 25.7. The minimum atomic E-state index is -1.05. The summed E-state index contributed by atoms with van der Waals surface area (Å²) in [4.78, 5) is 52.0. The first-order chi connectivity index (χ1) is 17.6. The Morgan fingerprint density at radius 3 is 1.90 bits per heavy atom. The molecule has 4 N–H and O–H groups in total. The second kappa shape index (κ2) is 10.4. The van der Waals surface area contributed by atoms with Crippen molar-refractivity contribution in [3.8, 4) is 5.75 Å². The van der Waals surface area contributed by atoms with Crippen molar-refractivity contribution in [3.63, 3.8) is 0 Å². The molecule has 1 unspecified atom stereocenters. The van der Waals surface area contributed by atoms with Crippen molar-refractivity contribution >= 4 is 35.4 Å². The lowest BCUT2D eigenvalue weighted by Gasteiger charge is -2.46. The molecular weight excluding hydrogens is 516 g/mol. The number of nitrogens with one attached hydrogen (secondary N) is 3. The smallest absolute Gasteiger partial charge is 0.328 e. The van der Waals surface area contributed by atoms with Crippen LogP contribution in [0.1, 0.15) is 99.6 Å². The maximum absolute atomic E-state index is 13.1. The molecule has 2 aliphatic heterocycles. The molecule has 9 nitrogen and oxygen atoms in total. The van der Waals surface area contributed by atoms with Crippen LogP contribution in [0.3, 0.4) is 0 Å². The van der Waals surface area contributed by atoms with Gasteiger partial charge in [-0.05, 0) is 63.5 Å². The molecule has 10 heteroatoms. The van der Waals surface area contributed by atoms with E-state index in [1.165, 1.54) is 11.8 Å². The maximum Gasteiger partial charge on any atom is 0.328 e. The summed E-state index contributed by atoms with van der Waals surface area (Å²) >= 11 is 1.22. The molecular formula is C29H44N4O5S. The highest BCUT2D eigenvalue weighted by Gasteiger charge is 2.43. The molecule has 0 radical (unpaired) electrons. The van der Waals surface area contributed by atoms with E-state index < -0.39 is 28.9 Å². The van der Waals surface area contributed by atoms with E-state index in [2.05, 4.69) is 16.1 Å². The molecule has 3 rings (SSSR count). The third kappa shape index (κ3) is 7.33. The average molecular weight is 561 g/mol. The first-order valence-electron chi connectivity index (χ1n) is 13.4. The van der Waals surface area contributed by atoms with Gasteiger partial charge in [-0.25, -0.2) is 5.43 Å². The van der Waals surface area contributed by atoms with Gasteiger partial charge in [0.2, 0.25) is 5.91 Å². The number of hydrazine groups is 1. The number of phenolic OH excluding ortho intramolecular Hbond substituents is 1. The Morgan fingerprint density at radius 1 is 0.949 bits per heavy atom. The van der Waals surface area contributed by atoms with E-state index in [0.717, 1.165) is 16.0 Å². The highest BCUT2D eigenvalue weighted by molar-refractivity contribution is 8.00. The van der Waals surface area contributed by atoms with E-state index >= 15 is 0 Å². The maximum atomic E-state index is 13.1. The van der Waals surface area contributed by atoms with Crippen LogP contribution >= 0.6 is 11.8 Å². The monoisotopic (exact) mass is 560 g/mol. The van der Waals surface area contributed by atoms with Crippen molar-refractivity contribution in [1.82, 2.24) is 21.1 Å². The number of aromatic hydroxyl groups is 1. The van der Waals surface area contributed by atoms with E-state index in [9.17, 15) is 24.3 Å². The van der Waals surface area contributed by atoms with Crippen LogP contribution in [0.15, 0.2) is 17.0 Å². The van der Waals surface area contributed by atoms with E-state index in [1.807, 2.05) is 81.4 Å². The topological polar surface area (TPSA) is 128 Å². The number of hydrogen-bond donors (Lipinski definition) is 4. The summed E-state index contributed by atoms with van der Waals surface area (Å²) in [5.41, 5.74) is 2.58. The number of carbonyl (C=O) groups excluding carboxylic acids is 4. The number of rotatable bonds is 4. The van der Waals surface area contributed by atoms with Crippen LogP contribution in [0.4, 0.5) is 0 Å². The quantitative estimate of drug-likeness (QED) is 0.327. The molecule has 2 fully saturated rings. The predicted octanol–water partition coefficient (Wildman–Crippen LogP) is 3.66. The summed E-state index contributed by atoms with van der Waals surface area (Å²) < 4.78 is 0. The van der Waals surface area contributed by atoms with Gasteiger partial charge in [-0.3, -0.25) is 19.2 Å². The van der Waals surface area contributed by atoms with Gasteiger partial charge in [0, 0.05) is 33.1 Å². The molecule has 1 aromatic rings. The Morgan fingerprint density at radius 2 is 1.44 bits per heavy atom. The Kier molecular flexibility index (Phi) is 8.27. The van der Waals surface area contributed by atoms with Gasteiger partial charge in [-0.2, -0.15) is 5.01 Å². The Labute approximate surface area is 236 Å². The number of hydrogen-bond acceptors (Lipinski definition) is 7. The molecule has 1 aromatic carbocycles. The van der Waals surface area contributed by atoms with Gasteiger partial charge < -0.3 is 15.7 Å². The van der Waals surface area contributed by atoms with Crippen molar-refractivity contribution < 1.29 is 24.3 Å².